The van der Waals surface area contributed by atoms with Gasteiger partial charge in [-0.15, -0.1) is 0 Å². The third kappa shape index (κ3) is 10.0. The van der Waals surface area contributed by atoms with E-state index in [1.807, 2.05) is 0 Å². The zero-order chi connectivity index (χ0) is 22.4. The fourth-order valence-electron chi connectivity index (χ4n) is 2.87. The highest BCUT2D eigenvalue weighted by atomic mass is 16.5. The number of hydrogen-bond acceptors (Lipinski definition) is 7. The van der Waals surface area contributed by atoms with E-state index >= 15 is 0 Å². The molecule has 0 aliphatic carbocycles. The summed E-state index contributed by atoms with van der Waals surface area (Å²) in [6.07, 6.45) is 2.46. The van der Waals surface area contributed by atoms with Gasteiger partial charge in [0.2, 0.25) is 5.91 Å². The highest BCUT2D eigenvalue weighted by molar-refractivity contribution is 5.86. The molecule has 0 aromatic heterocycles. The fourth-order valence-corrected chi connectivity index (χ4v) is 2.87. The molecule has 10 nitrogen and oxygen atoms in total. The Kier molecular flexibility index (Phi) is 13.4. The minimum absolute atomic E-state index is 0.115. The molecule has 29 heavy (non-hydrogen) atoms. The molecule has 0 fully saturated rings. The van der Waals surface area contributed by atoms with Crippen LogP contribution < -0.4 is 5.32 Å². The normalized spacial score (nSPS) is 16.4. The van der Waals surface area contributed by atoms with E-state index in [1.165, 1.54) is 32.1 Å². The standard InChI is InChI=1S/C19H35NO9/c1-2-3-4-5-6-7-8-9-10-11-12-13(21)20-19(29,18(27)28)16(24)14(22)15(23)17(25)26/h14-16,22-24,29H,2-12H2,1H3,(H,20,21)(H,25,26)(H,27,28)/t14-,15+,16+,19-/m1/s1. The number of rotatable bonds is 17. The Morgan fingerprint density at radius 2 is 1.28 bits per heavy atom. The maximum absolute atomic E-state index is 11.9. The summed E-state index contributed by atoms with van der Waals surface area (Å²) in [6, 6.07) is 0. The third-order valence-electron chi connectivity index (χ3n) is 4.74. The van der Waals surface area contributed by atoms with E-state index in [4.69, 9.17) is 10.2 Å². The monoisotopic (exact) mass is 421 g/mol. The summed E-state index contributed by atoms with van der Waals surface area (Å²) < 4.78 is 0. The number of nitrogens with one attached hydrogen (secondary N) is 1. The van der Waals surface area contributed by atoms with Gasteiger partial charge in [-0.3, -0.25) is 4.79 Å². The number of carboxylic acids is 2. The second-order valence-corrected chi connectivity index (χ2v) is 7.27. The number of aliphatic hydroxyl groups is 4. The molecule has 0 radical (unpaired) electrons. The van der Waals surface area contributed by atoms with Gasteiger partial charge >= 0.3 is 11.9 Å². The van der Waals surface area contributed by atoms with Crippen molar-refractivity contribution in [3.8, 4) is 0 Å². The number of aliphatic carboxylic acids is 2. The zero-order valence-corrected chi connectivity index (χ0v) is 16.9. The fraction of sp³-hybridized carbons (Fsp3) is 0.842. The van der Waals surface area contributed by atoms with E-state index < -0.39 is 41.9 Å². The Balaban J connectivity index is 4.34. The van der Waals surface area contributed by atoms with Gasteiger partial charge in [0.1, 0.15) is 12.2 Å². The third-order valence-corrected chi connectivity index (χ3v) is 4.74. The van der Waals surface area contributed by atoms with E-state index in [0.29, 0.717) is 6.42 Å². The molecule has 1 amide bonds. The minimum atomic E-state index is -3.34. The van der Waals surface area contributed by atoms with Crippen LogP contribution in [0.4, 0.5) is 0 Å². The SMILES string of the molecule is CCCCCCCCCCCCC(=O)N[C@](O)(C(=O)O)[C@@H](O)[C@H](O)[C@H](O)C(=O)O. The van der Waals surface area contributed by atoms with Crippen LogP contribution in [0.15, 0.2) is 0 Å². The van der Waals surface area contributed by atoms with Crippen LogP contribution in [0.25, 0.3) is 0 Å². The quantitative estimate of drug-likeness (QED) is 0.129. The lowest BCUT2D eigenvalue weighted by Crippen LogP contribution is -2.67. The van der Waals surface area contributed by atoms with Gasteiger partial charge in [-0.1, -0.05) is 64.7 Å². The number of hydrogen-bond donors (Lipinski definition) is 7. The summed E-state index contributed by atoms with van der Waals surface area (Å²) in [5.74, 6) is -4.91. The summed E-state index contributed by atoms with van der Waals surface area (Å²) in [4.78, 5) is 33.8. The summed E-state index contributed by atoms with van der Waals surface area (Å²) >= 11 is 0. The number of carbonyl (C=O) groups excluding carboxylic acids is 1. The van der Waals surface area contributed by atoms with Crippen LogP contribution in [-0.2, 0) is 14.4 Å². The second kappa shape index (κ2) is 14.3. The van der Waals surface area contributed by atoms with Crippen LogP contribution >= 0.6 is 0 Å². The highest BCUT2D eigenvalue weighted by Crippen LogP contribution is 2.16. The number of carbonyl (C=O) groups is 3. The van der Waals surface area contributed by atoms with Crippen LogP contribution in [0.3, 0.4) is 0 Å². The van der Waals surface area contributed by atoms with E-state index in [1.54, 1.807) is 5.32 Å². The van der Waals surface area contributed by atoms with Crippen molar-refractivity contribution in [3.63, 3.8) is 0 Å². The van der Waals surface area contributed by atoms with Crippen LogP contribution in [-0.4, -0.2) is 72.5 Å². The molecule has 0 saturated heterocycles. The van der Waals surface area contributed by atoms with Gasteiger partial charge in [-0.25, -0.2) is 9.59 Å². The predicted octanol–water partition coefficient (Wildman–Crippen LogP) is 0.354. The molecule has 10 heteroatoms. The topological polar surface area (TPSA) is 185 Å². The molecule has 0 aliphatic heterocycles. The zero-order valence-electron chi connectivity index (χ0n) is 16.9. The average molecular weight is 421 g/mol. The first-order valence-corrected chi connectivity index (χ1v) is 10.1. The molecule has 0 aromatic carbocycles. The van der Waals surface area contributed by atoms with Gasteiger partial charge in [-0.2, -0.15) is 0 Å². The maximum Gasteiger partial charge on any atom is 0.360 e. The first kappa shape index (κ1) is 27.2. The number of amides is 1. The van der Waals surface area contributed by atoms with Crippen LogP contribution in [0, 0.1) is 0 Å². The van der Waals surface area contributed by atoms with Gasteiger partial charge < -0.3 is 36.0 Å². The summed E-state index contributed by atoms with van der Waals surface area (Å²) in [7, 11) is 0. The second-order valence-electron chi connectivity index (χ2n) is 7.27. The Morgan fingerprint density at radius 3 is 1.69 bits per heavy atom. The predicted molar refractivity (Wildman–Crippen MR) is 103 cm³/mol. The Labute approximate surface area is 170 Å². The molecular formula is C19H35NO9. The molecule has 0 rings (SSSR count). The van der Waals surface area contributed by atoms with Crippen LogP contribution in [0.1, 0.15) is 77.6 Å². The molecule has 4 atom stereocenters. The summed E-state index contributed by atoms with van der Waals surface area (Å²) in [6.45, 7) is 2.16. The molecule has 170 valence electrons. The molecular weight excluding hydrogens is 386 g/mol. The Morgan fingerprint density at radius 1 is 0.828 bits per heavy atom. The maximum atomic E-state index is 11.9. The lowest BCUT2D eigenvalue weighted by molar-refractivity contribution is -0.201. The van der Waals surface area contributed by atoms with Crippen molar-refractivity contribution in [1.29, 1.82) is 0 Å². The largest absolute Gasteiger partial charge is 0.479 e. The molecule has 0 unspecified atom stereocenters. The lowest BCUT2D eigenvalue weighted by Gasteiger charge is -2.33. The Hall–Kier alpha value is -1.75. The van der Waals surface area contributed by atoms with Crippen molar-refractivity contribution < 1.29 is 45.0 Å². The molecule has 0 spiro atoms. The molecule has 0 aromatic rings. The number of aliphatic hydroxyl groups excluding tert-OH is 3. The van der Waals surface area contributed by atoms with E-state index in [2.05, 4.69) is 6.92 Å². The Bertz CT molecular complexity index is 514. The van der Waals surface area contributed by atoms with Crippen molar-refractivity contribution in [2.45, 2.75) is 102 Å². The van der Waals surface area contributed by atoms with Crippen molar-refractivity contribution in [1.82, 2.24) is 5.32 Å². The van der Waals surface area contributed by atoms with Crippen molar-refractivity contribution in [3.05, 3.63) is 0 Å². The number of unbranched alkanes of at least 4 members (excludes halogenated alkanes) is 9. The highest BCUT2D eigenvalue weighted by Gasteiger charge is 2.51. The van der Waals surface area contributed by atoms with E-state index in [0.717, 1.165) is 25.7 Å². The van der Waals surface area contributed by atoms with E-state index in [-0.39, 0.29) is 6.42 Å². The average Bonchev–Trinajstić information content (AvgIpc) is 2.67. The van der Waals surface area contributed by atoms with Crippen molar-refractivity contribution >= 4 is 17.8 Å². The van der Waals surface area contributed by atoms with Gasteiger partial charge in [0.15, 0.2) is 6.10 Å². The van der Waals surface area contributed by atoms with Crippen LogP contribution in [0.5, 0.6) is 0 Å². The minimum Gasteiger partial charge on any atom is -0.479 e. The molecule has 7 N–H and O–H groups in total. The van der Waals surface area contributed by atoms with Gasteiger partial charge in [0.05, 0.1) is 0 Å². The molecule has 0 heterocycles. The first-order chi connectivity index (χ1) is 13.6. The summed E-state index contributed by atoms with van der Waals surface area (Å²) in [5.41, 5.74) is -3.34. The van der Waals surface area contributed by atoms with Crippen molar-refractivity contribution in [2.75, 3.05) is 0 Å². The van der Waals surface area contributed by atoms with Crippen LogP contribution in [0.2, 0.25) is 0 Å². The number of carboxylic acid groups (broad SMARTS) is 2. The first-order valence-electron chi connectivity index (χ1n) is 10.1. The summed E-state index contributed by atoms with van der Waals surface area (Å²) in [5, 5.41) is 58.0. The van der Waals surface area contributed by atoms with Crippen molar-refractivity contribution in [2.24, 2.45) is 0 Å². The molecule has 0 aliphatic rings. The smallest absolute Gasteiger partial charge is 0.360 e. The molecule has 0 saturated carbocycles. The van der Waals surface area contributed by atoms with Gasteiger partial charge in [-0.05, 0) is 6.42 Å². The molecule has 0 bridgehead atoms. The van der Waals surface area contributed by atoms with E-state index in [9.17, 15) is 34.8 Å². The van der Waals surface area contributed by atoms with Gasteiger partial charge in [0, 0.05) is 6.42 Å². The lowest BCUT2D eigenvalue weighted by atomic mass is 9.97. The van der Waals surface area contributed by atoms with Gasteiger partial charge in [0.25, 0.3) is 5.72 Å².